The van der Waals surface area contributed by atoms with Gasteiger partial charge in [-0.15, -0.1) is 0 Å². The SMILES string of the molecule is N#Cc1ccc(CNc2nc(N)ncc2Br)cc1. The van der Waals surface area contributed by atoms with Crippen LogP contribution in [0.15, 0.2) is 34.9 Å². The topological polar surface area (TPSA) is 87.6 Å². The van der Waals surface area contributed by atoms with Crippen molar-refractivity contribution in [3.63, 3.8) is 0 Å². The van der Waals surface area contributed by atoms with Crippen LogP contribution in [0.4, 0.5) is 11.8 Å². The van der Waals surface area contributed by atoms with E-state index < -0.39 is 0 Å². The zero-order valence-electron chi connectivity index (χ0n) is 9.39. The molecule has 0 atom stereocenters. The number of rotatable bonds is 3. The van der Waals surface area contributed by atoms with Gasteiger partial charge in [0.1, 0.15) is 5.82 Å². The zero-order valence-corrected chi connectivity index (χ0v) is 11.0. The highest BCUT2D eigenvalue weighted by molar-refractivity contribution is 9.10. The van der Waals surface area contributed by atoms with Crippen LogP contribution in [0.25, 0.3) is 0 Å². The molecule has 1 heterocycles. The third-order valence-electron chi connectivity index (χ3n) is 2.31. The van der Waals surface area contributed by atoms with Crippen LogP contribution in [0, 0.1) is 11.3 Å². The number of halogens is 1. The second-order valence-corrected chi connectivity index (χ2v) is 4.44. The second kappa shape index (κ2) is 5.47. The quantitative estimate of drug-likeness (QED) is 0.908. The third-order valence-corrected chi connectivity index (χ3v) is 2.89. The minimum absolute atomic E-state index is 0.223. The maximum absolute atomic E-state index is 8.70. The van der Waals surface area contributed by atoms with Crippen molar-refractivity contribution in [1.82, 2.24) is 9.97 Å². The molecule has 2 aromatic rings. The van der Waals surface area contributed by atoms with Crippen molar-refractivity contribution in [2.24, 2.45) is 0 Å². The van der Waals surface area contributed by atoms with Crippen LogP contribution >= 0.6 is 15.9 Å². The highest BCUT2D eigenvalue weighted by atomic mass is 79.9. The van der Waals surface area contributed by atoms with Crippen LogP contribution in [0.2, 0.25) is 0 Å². The van der Waals surface area contributed by atoms with E-state index in [1.807, 2.05) is 12.1 Å². The molecule has 0 saturated carbocycles. The molecule has 2 rings (SSSR count). The number of hydrogen-bond acceptors (Lipinski definition) is 5. The van der Waals surface area contributed by atoms with Crippen LogP contribution in [-0.4, -0.2) is 9.97 Å². The van der Waals surface area contributed by atoms with E-state index in [1.54, 1.807) is 18.3 Å². The van der Waals surface area contributed by atoms with Gasteiger partial charge in [0.15, 0.2) is 0 Å². The molecule has 0 aliphatic carbocycles. The van der Waals surface area contributed by atoms with Crippen molar-refractivity contribution in [2.45, 2.75) is 6.54 Å². The van der Waals surface area contributed by atoms with Gasteiger partial charge in [0, 0.05) is 12.7 Å². The fraction of sp³-hybridized carbons (Fsp3) is 0.0833. The molecule has 0 unspecified atom stereocenters. The van der Waals surface area contributed by atoms with Crippen molar-refractivity contribution in [1.29, 1.82) is 5.26 Å². The lowest BCUT2D eigenvalue weighted by atomic mass is 10.1. The largest absolute Gasteiger partial charge is 0.368 e. The fourth-order valence-corrected chi connectivity index (χ4v) is 1.72. The minimum atomic E-state index is 0.223. The van der Waals surface area contributed by atoms with Crippen LogP contribution in [-0.2, 0) is 6.54 Å². The second-order valence-electron chi connectivity index (χ2n) is 3.59. The zero-order chi connectivity index (χ0) is 13.0. The summed E-state index contributed by atoms with van der Waals surface area (Å²) in [6.07, 6.45) is 1.60. The Bertz CT molecular complexity index is 588. The first kappa shape index (κ1) is 12.3. The number of nitrogen functional groups attached to an aromatic ring is 1. The van der Waals surface area contributed by atoms with Gasteiger partial charge in [-0.1, -0.05) is 12.1 Å². The molecule has 18 heavy (non-hydrogen) atoms. The molecule has 6 heteroatoms. The molecule has 1 aromatic carbocycles. The fourth-order valence-electron chi connectivity index (χ4n) is 1.39. The summed E-state index contributed by atoms with van der Waals surface area (Å²) in [7, 11) is 0. The Morgan fingerprint density at radius 2 is 2.06 bits per heavy atom. The van der Waals surface area contributed by atoms with E-state index in [0.29, 0.717) is 17.9 Å². The predicted molar refractivity (Wildman–Crippen MR) is 72.6 cm³/mol. The molecular weight excluding hydrogens is 294 g/mol. The minimum Gasteiger partial charge on any atom is -0.368 e. The van der Waals surface area contributed by atoms with E-state index in [1.165, 1.54) is 0 Å². The molecule has 0 radical (unpaired) electrons. The van der Waals surface area contributed by atoms with Gasteiger partial charge in [0.05, 0.1) is 16.1 Å². The monoisotopic (exact) mass is 303 g/mol. The van der Waals surface area contributed by atoms with Gasteiger partial charge in [0.2, 0.25) is 5.95 Å². The number of nitrogens with one attached hydrogen (secondary N) is 1. The molecule has 3 N–H and O–H groups in total. The van der Waals surface area contributed by atoms with E-state index >= 15 is 0 Å². The van der Waals surface area contributed by atoms with Gasteiger partial charge in [-0.25, -0.2) is 4.98 Å². The van der Waals surface area contributed by atoms with Crippen LogP contribution in [0.5, 0.6) is 0 Å². The molecule has 1 aromatic heterocycles. The van der Waals surface area contributed by atoms with Crippen molar-refractivity contribution in [3.05, 3.63) is 46.1 Å². The summed E-state index contributed by atoms with van der Waals surface area (Å²) in [5.74, 6) is 0.868. The molecule has 0 bridgehead atoms. The average Bonchev–Trinajstić information content (AvgIpc) is 2.40. The Kier molecular flexibility index (Phi) is 3.75. The van der Waals surface area contributed by atoms with Crippen LogP contribution < -0.4 is 11.1 Å². The Morgan fingerprint density at radius 1 is 1.33 bits per heavy atom. The summed E-state index contributed by atoms with van der Waals surface area (Å²) < 4.78 is 0.755. The van der Waals surface area contributed by atoms with E-state index in [-0.39, 0.29) is 5.95 Å². The molecule has 5 nitrogen and oxygen atoms in total. The Hall–Kier alpha value is -2.13. The van der Waals surface area contributed by atoms with Gasteiger partial charge in [-0.3, -0.25) is 0 Å². The van der Waals surface area contributed by atoms with Gasteiger partial charge in [0.25, 0.3) is 0 Å². The van der Waals surface area contributed by atoms with E-state index in [9.17, 15) is 0 Å². The molecule has 90 valence electrons. The molecule has 0 saturated heterocycles. The summed E-state index contributed by atoms with van der Waals surface area (Å²) in [5, 5.41) is 11.8. The summed E-state index contributed by atoms with van der Waals surface area (Å²) in [4.78, 5) is 7.94. The number of hydrogen-bond donors (Lipinski definition) is 2. The molecule has 0 spiro atoms. The third kappa shape index (κ3) is 2.96. The van der Waals surface area contributed by atoms with Gasteiger partial charge in [-0.2, -0.15) is 10.2 Å². The number of nitriles is 1. The van der Waals surface area contributed by atoms with Crippen molar-refractivity contribution < 1.29 is 0 Å². The number of nitrogens with two attached hydrogens (primary N) is 1. The van der Waals surface area contributed by atoms with Gasteiger partial charge < -0.3 is 11.1 Å². The summed E-state index contributed by atoms with van der Waals surface area (Å²) in [5.41, 5.74) is 7.21. The summed E-state index contributed by atoms with van der Waals surface area (Å²) in [6, 6.07) is 9.42. The first-order chi connectivity index (χ1) is 8.69. The maximum atomic E-state index is 8.70. The molecular formula is C12H10BrN5. The Morgan fingerprint density at radius 3 is 2.72 bits per heavy atom. The lowest BCUT2D eigenvalue weighted by Crippen LogP contribution is -2.05. The Labute approximate surface area is 113 Å². The molecule has 0 aliphatic rings. The first-order valence-corrected chi connectivity index (χ1v) is 5.99. The smallest absolute Gasteiger partial charge is 0.221 e. The van der Waals surface area contributed by atoms with Gasteiger partial charge >= 0.3 is 0 Å². The van der Waals surface area contributed by atoms with Crippen LogP contribution in [0.1, 0.15) is 11.1 Å². The molecule has 0 fully saturated rings. The van der Waals surface area contributed by atoms with E-state index in [0.717, 1.165) is 10.0 Å². The molecule has 0 amide bonds. The normalized spacial score (nSPS) is 9.78. The van der Waals surface area contributed by atoms with Crippen LogP contribution in [0.3, 0.4) is 0 Å². The number of benzene rings is 1. The number of nitrogens with zero attached hydrogens (tertiary/aromatic N) is 3. The van der Waals surface area contributed by atoms with E-state index in [4.69, 9.17) is 11.0 Å². The van der Waals surface area contributed by atoms with Crippen molar-refractivity contribution in [2.75, 3.05) is 11.1 Å². The molecule has 0 aliphatic heterocycles. The lowest BCUT2D eigenvalue weighted by Gasteiger charge is -2.07. The van der Waals surface area contributed by atoms with Crippen molar-refractivity contribution in [3.8, 4) is 6.07 Å². The summed E-state index contributed by atoms with van der Waals surface area (Å²) >= 11 is 3.34. The van der Waals surface area contributed by atoms with Crippen molar-refractivity contribution >= 4 is 27.7 Å². The van der Waals surface area contributed by atoms with E-state index in [2.05, 4.69) is 37.3 Å². The number of anilines is 2. The highest BCUT2D eigenvalue weighted by Crippen LogP contribution is 2.19. The maximum Gasteiger partial charge on any atom is 0.221 e. The first-order valence-electron chi connectivity index (χ1n) is 5.20. The lowest BCUT2D eigenvalue weighted by molar-refractivity contribution is 1.08. The predicted octanol–water partition coefficient (Wildman–Crippen LogP) is 2.31. The number of aromatic nitrogens is 2. The standard InChI is InChI=1S/C12H10BrN5/c13-10-7-17-12(15)18-11(10)16-6-9-3-1-8(5-14)2-4-9/h1-4,7H,6H2,(H3,15,16,17,18). The van der Waals surface area contributed by atoms with Gasteiger partial charge in [-0.05, 0) is 33.6 Å². The average molecular weight is 304 g/mol. The Balaban J connectivity index is 2.07. The highest BCUT2D eigenvalue weighted by Gasteiger charge is 2.02. The summed E-state index contributed by atoms with van der Waals surface area (Å²) in [6.45, 7) is 0.598.